The molecule has 0 fully saturated rings. The average molecular weight is 222 g/mol. The van der Waals surface area contributed by atoms with Crippen molar-refractivity contribution >= 4 is 0 Å². The number of hydrogen-bond acceptors (Lipinski definition) is 2. The average Bonchev–Trinajstić information content (AvgIpc) is 2.24. The molecule has 0 bridgehead atoms. The number of pyridine rings is 1. The van der Waals surface area contributed by atoms with Gasteiger partial charge < -0.3 is 9.88 Å². The molecule has 0 radical (unpaired) electrons. The lowest BCUT2D eigenvalue weighted by Gasteiger charge is -2.17. The van der Waals surface area contributed by atoms with Gasteiger partial charge in [-0.2, -0.15) is 0 Å². The normalized spacial score (nSPS) is 13.1. The first-order chi connectivity index (χ1) is 7.52. The lowest BCUT2D eigenvalue weighted by molar-refractivity contribution is 0.415. The quantitative estimate of drug-likeness (QED) is 0.824. The number of hydrogen-bond donors (Lipinski definition) is 1. The molecule has 3 heteroatoms. The fraction of sp³-hybridized carbons (Fsp3) is 0.615. The van der Waals surface area contributed by atoms with E-state index in [0.717, 1.165) is 18.7 Å². The highest BCUT2D eigenvalue weighted by Gasteiger charge is 2.05. The largest absolute Gasteiger partial charge is 0.314 e. The van der Waals surface area contributed by atoms with Crippen LogP contribution in [0, 0.1) is 12.8 Å². The van der Waals surface area contributed by atoms with E-state index in [2.05, 4.69) is 26.1 Å². The summed E-state index contributed by atoms with van der Waals surface area (Å²) in [5, 5.41) is 3.42. The molecular formula is C13H22N2O. The van der Waals surface area contributed by atoms with E-state index in [1.807, 2.05) is 25.3 Å². The number of nitrogens with one attached hydrogen (secondary N) is 1. The molecule has 16 heavy (non-hydrogen) atoms. The Morgan fingerprint density at radius 3 is 2.69 bits per heavy atom. The molecular weight excluding hydrogens is 200 g/mol. The van der Waals surface area contributed by atoms with E-state index in [1.54, 1.807) is 4.57 Å². The van der Waals surface area contributed by atoms with Crippen LogP contribution in [0.15, 0.2) is 23.1 Å². The second-order valence-corrected chi connectivity index (χ2v) is 4.68. The van der Waals surface area contributed by atoms with Crippen LogP contribution in [0.2, 0.25) is 0 Å². The van der Waals surface area contributed by atoms with Crippen molar-refractivity contribution in [1.29, 1.82) is 0 Å². The van der Waals surface area contributed by atoms with Gasteiger partial charge in [0, 0.05) is 30.9 Å². The zero-order valence-corrected chi connectivity index (χ0v) is 10.7. The highest BCUT2D eigenvalue weighted by Crippen LogP contribution is 1.98. The third-order valence-electron chi connectivity index (χ3n) is 3.03. The lowest BCUT2D eigenvalue weighted by atomic mass is 10.1. The third kappa shape index (κ3) is 3.49. The second kappa shape index (κ2) is 5.85. The van der Waals surface area contributed by atoms with E-state index in [1.165, 1.54) is 0 Å². The third-order valence-corrected chi connectivity index (χ3v) is 3.03. The topological polar surface area (TPSA) is 34.0 Å². The van der Waals surface area contributed by atoms with Crippen LogP contribution in [-0.4, -0.2) is 17.2 Å². The molecule has 0 amide bonds. The van der Waals surface area contributed by atoms with E-state index in [-0.39, 0.29) is 5.56 Å². The summed E-state index contributed by atoms with van der Waals surface area (Å²) in [4.78, 5) is 11.7. The molecule has 0 spiro atoms. The van der Waals surface area contributed by atoms with Crippen LogP contribution >= 0.6 is 0 Å². The number of rotatable bonds is 5. The van der Waals surface area contributed by atoms with E-state index in [9.17, 15) is 4.79 Å². The molecule has 90 valence electrons. The van der Waals surface area contributed by atoms with Gasteiger partial charge in [0.1, 0.15) is 0 Å². The van der Waals surface area contributed by atoms with Crippen LogP contribution < -0.4 is 10.9 Å². The van der Waals surface area contributed by atoms with Crippen LogP contribution in [0.5, 0.6) is 0 Å². The number of aromatic nitrogens is 1. The monoisotopic (exact) mass is 222 g/mol. The fourth-order valence-electron chi connectivity index (χ4n) is 1.48. The first-order valence-corrected chi connectivity index (χ1v) is 5.92. The maximum Gasteiger partial charge on any atom is 0.253 e. The molecule has 0 aliphatic carbocycles. The van der Waals surface area contributed by atoms with Crippen LogP contribution in [0.25, 0.3) is 0 Å². The minimum atomic E-state index is 0.113. The predicted octanol–water partition coefficient (Wildman–Crippen LogP) is 1.79. The van der Waals surface area contributed by atoms with Crippen molar-refractivity contribution in [2.45, 2.75) is 40.3 Å². The van der Waals surface area contributed by atoms with Crippen molar-refractivity contribution in [2.24, 2.45) is 5.92 Å². The Bertz CT molecular complexity index is 382. The van der Waals surface area contributed by atoms with Crippen molar-refractivity contribution in [3.63, 3.8) is 0 Å². The molecule has 3 nitrogen and oxygen atoms in total. The molecule has 0 saturated heterocycles. The van der Waals surface area contributed by atoms with E-state index in [4.69, 9.17) is 0 Å². The molecule has 1 atom stereocenters. The molecule has 1 heterocycles. The van der Waals surface area contributed by atoms with E-state index >= 15 is 0 Å². The summed E-state index contributed by atoms with van der Waals surface area (Å²) < 4.78 is 1.76. The van der Waals surface area contributed by atoms with Crippen molar-refractivity contribution in [1.82, 2.24) is 9.88 Å². The van der Waals surface area contributed by atoms with Gasteiger partial charge in [0.2, 0.25) is 0 Å². The maximum atomic E-state index is 11.7. The Balaban J connectivity index is 2.50. The standard InChI is InChI=1S/C13H22N2O/c1-10(2)12(4)14-7-9-15-8-5-6-11(3)13(15)16/h5-6,8,10,12,14H,7,9H2,1-4H3. The predicted molar refractivity (Wildman–Crippen MR) is 67.7 cm³/mol. The van der Waals surface area contributed by atoms with E-state index < -0.39 is 0 Å². The van der Waals surface area contributed by atoms with Crippen LogP contribution in [-0.2, 0) is 6.54 Å². The number of aryl methyl sites for hydroxylation is 1. The summed E-state index contributed by atoms with van der Waals surface area (Å²) in [6.07, 6.45) is 1.84. The molecule has 0 aliphatic heterocycles. The molecule has 1 N–H and O–H groups in total. The summed E-state index contributed by atoms with van der Waals surface area (Å²) in [5.74, 6) is 0.620. The second-order valence-electron chi connectivity index (χ2n) is 4.68. The highest BCUT2D eigenvalue weighted by molar-refractivity contribution is 5.07. The summed E-state index contributed by atoms with van der Waals surface area (Å²) in [7, 11) is 0. The van der Waals surface area contributed by atoms with Crippen molar-refractivity contribution in [3.8, 4) is 0 Å². The zero-order chi connectivity index (χ0) is 12.1. The summed E-state index contributed by atoms with van der Waals surface area (Å²) in [6.45, 7) is 9.97. The summed E-state index contributed by atoms with van der Waals surface area (Å²) in [6, 6.07) is 4.26. The Kier molecular flexibility index (Phi) is 4.74. The smallest absolute Gasteiger partial charge is 0.253 e. The van der Waals surface area contributed by atoms with Gasteiger partial charge in [-0.1, -0.05) is 19.9 Å². The van der Waals surface area contributed by atoms with Crippen molar-refractivity contribution in [2.75, 3.05) is 6.54 Å². The molecule has 0 aromatic carbocycles. The molecule has 1 rings (SSSR count). The van der Waals surface area contributed by atoms with Gasteiger partial charge in [-0.05, 0) is 25.8 Å². The van der Waals surface area contributed by atoms with Gasteiger partial charge in [-0.25, -0.2) is 0 Å². The molecule has 1 unspecified atom stereocenters. The summed E-state index contributed by atoms with van der Waals surface area (Å²) in [5.41, 5.74) is 0.918. The lowest BCUT2D eigenvalue weighted by Crippen LogP contribution is -2.35. The van der Waals surface area contributed by atoms with Crippen molar-refractivity contribution in [3.05, 3.63) is 34.2 Å². The maximum absolute atomic E-state index is 11.7. The molecule has 0 saturated carbocycles. The Hall–Kier alpha value is -1.09. The van der Waals surface area contributed by atoms with Crippen LogP contribution in [0.3, 0.4) is 0 Å². The molecule has 1 aromatic rings. The van der Waals surface area contributed by atoms with E-state index in [0.29, 0.717) is 12.0 Å². The minimum Gasteiger partial charge on any atom is -0.314 e. The molecule has 1 aromatic heterocycles. The Morgan fingerprint density at radius 2 is 2.06 bits per heavy atom. The first-order valence-electron chi connectivity index (χ1n) is 5.92. The fourth-order valence-corrected chi connectivity index (χ4v) is 1.48. The van der Waals surface area contributed by atoms with Crippen LogP contribution in [0.1, 0.15) is 26.3 Å². The van der Waals surface area contributed by atoms with Gasteiger partial charge in [0.25, 0.3) is 5.56 Å². The van der Waals surface area contributed by atoms with Crippen LogP contribution in [0.4, 0.5) is 0 Å². The van der Waals surface area contributed by atoms with Gasteiger partial charge in [-0.3, -0.25) is 4.79 Å². The van der Waals surface area contributed by atoms with Gasteiger partial charge in [-0.15, -0.1) is 0 Å². The highest BCUT2D eigenvalue weighted by atomic mass is 16.1. The van der Waals surface area contributed by atoms with Crippen molar-refractivity contribution < 1.29 is 0 Å². The Labute approximate surface area is 97.5 Å². The van der Waals surface area contributed by atoms with Gasteiger partial charge in [0.05, 0.1) is 0 Å². The Morgan fingerprint density at radius 1 is 1.38 bits per heavy atom. The number of nitrogens with zero attached hydrogens (tertiary/aromatic N) is 1. The first kappa shape index (κ1) is 13.0. The van der Waals surface area contributed by atoms with Gasteiger partial charge >= 0.3 is 0 Å². The molecule has 0 aliphatic rings. The van der Waals surface area contributed by atoms with Gasteiger partial charge in [0.15, 0.2) is 0 Å². The minimum absolute atomic E-state index is 0.113. The summed E-state index contributed by atoms with van der Waals surface area (Å²) >= 11 is 0. The zero-order valence-electron chi connectivity index (χ0n) is 10.7. The SMILES string of the molecule is Cc1cccn(CCNC(C)C(C)C)c1=O.